The van der Waals surface area contributed by atoms with Crippen molar-refractivity contribution in [2.75, 3.05) is 20.0 Å². The molecule has 2 N–H and O–H groups in total. The van der Waals surface area contributed by atoms with Crippen molar-refractivity contribution < 1.29 is 24.1 Å². The van der Waals surface area contributed by atoms with E-state index < -0.39 is 19.8 Å². The summed E-state index contributed by atoms with van der Waals surface area (Å²) in [6, 6.07) is 7.62. The predicted octanol–water partition coefficient (Wildman–Crippen LogP) is 3.15. The first kappa shape index (κ1) is 20.7. The Balaban J connectivity index is 2.59. The van der Waals surface area contributed by atoms with Crippen molar-refractivity contribution in [3.8, 4) is 17.6 Å². The minimum atomic E-state index is -2.36. The van der Waals surface area contributed by atoms with Crippen molar-refractivity contribution in [1.29, 1.82) is 5.26 Å². The van der Waals surface area contributed by atoms with Crippen molar-refractivity contribution in [2.45, 2.75) is 50.9 Å². The number of fused-ring (bicyclic) bond motifs is 1. The van der Waals surface area contributed by atoms with Gasteiger partial charge in [0.05, 0.1) is 6.61 Å². The summed E-state index contributed by atoms with van der Waals surface area (Å²) >= 11 is 0. The third-order valence-electron chi connectivity index (χ3n) is 5.46. The Morgan fingerprint density at radius 1 is 1.23 bits per heavy atom. The Hall–Kier alpha value is -1.59. The van der Waals surface area contributed by atoms with Gasteiger partial charge in [0.2, 0.25) is 6.79 Å². The van der Waals surface area contributed by atoms with Gasteiger partial charge in [-0.2, -0.15) is 5.26 Å². The first-order valence-electron chi connectivity index (χ1n) is 8.84. The molecule has 0 saturated carbocycles. The molecule has 1 aromatic rings. The Morgan fingerprint density at radius 3 is 2.42 bits per heavy atom. The summed E-state index contributed by atoms with van der Waals surface area (Å²) in [5, 5.41) is 29.6. The number of nitrogens with zero attached hydrogens (tertiary/aromatic N) is 1. The SMILES string of the molecule is CC(C)(C)[Si](C)(C)OC(C#N)(c1ccc2c(c1)OCO2)[C@H](CO)CCO. The van der Waals surface area contributed by atoms with Crippen LogP contribution in [0.2, 0.25) is 18.1 Å². The van der Waals surface area contributed by atoms with Gasteiger partial charge in [-0.1, -0.05) is 26.8 Å². The van der Waals surface area contributed by atoms with Crippen LogP contribution in [0, 0.1) is 17.2 Å². The maximum absolute atomic E-state index is 10.2. The second kappa shape index (κ2) is 7.57. The van der Waals surface area contributed by atoms with Crippen LogP contribution in [-0.4, -0.2) is 38.5 Å². The van der Waals surface area contributed by atoms with E-state index in [4.69, 9.17) is 13.9 Å². The number of hydrogen-bond acceptors (Lipinski definition) is 6. The molecule has 7 heteroatoms. The van der Waals surface area contributed by atoms with E-state index in [1.54, 1.807) is 18.2 Å². The predicted molar refractivity (Wildman–Crippen MR) is 100 cm³/mol. The zero-order chi connectivity index (χ0) is 19.6. The van der Waals surface area contributed by atoms with Crippen LogP contribution in [-0.2, 0) is 10.0 Å². The summed E-state index contributed by atoms with van der Waals surface area (Å²) in [6.45, 7) is 10.2. The lowest BCUT2D eigenvalue weighted by Gasteiger charge is -2.45. The maximum Gasteiger partial charge on any atom is 0.231 e. The Labute approximate surface area is 156 Å². The zero-order valence-corrected chi connectivity index (χ0v) is 17.2. The third kappa shape index (κ3) is 3.74. The number of rotatable bonds is 7. The van der Waals surface area contributed by atoms with E-state index in [9.17, 15) is 15.5 Å². The van der Waals surface area contributed by atoms with Crippen LogP contribution >= 0.6 is 0 Å². The Morgan fingerprint density at radius 2 is 1.88 bits per heavy atom. The largest absolute Gasteiger partial charge is 0.454 e. The van der Waals surface area contributed by atoms with Gasteiger partial charge in [-0.25, -0.2) is 0 Å². The highest BCUT2D eigenvalue weighted by Crippen LogP contribution is 2.47. The standard InChI is InChI=1S/C19H29NO5Si/c1-18(2,3)26(4,5)25-19(12-20,15(11-22)8-9-21)14-6-7-16-17(10-14)24-13-23-16/h6-7,10,15,21-22H,8-9,11,13H2,1-5H3/t15-,19?/m0/s1. The van der Waals surface area contributed by atoms with Crippen LogP contribution in [0.15, 0.2) is 18.2 Å². The Bertz CT molecular complexity index is 679. The van der Waals surface area contributed by atoms with Crippen molar-refractivity contribution in [1.82, 2.24) is 0 Å². The summed E-state index contributed by atoms with van der Waals surface area (Å²) in [5.74, 6) is 0.615. The van der Waals surface area contributed by atoms with E-state index in [1.165, 1.54) is 0 Å². The molecule has 144 valence electrons. The van der Waals surface area contributed by atoms with E-state index in [-0.39, 0.29) is 31.5 Å². The summed E-state index contributed by atoms with van der Waals surface area (Å²) in [4.78, 5) is 0. The Kier molecular flexibility index (Phi) is 6.03. The van der Waals surface area contributed by atoms with E-state index in [0.717, 1.165) is 0 Å². The van der Waals surface area contributed by atoms with Crippen molar-refractivity contribution in [3.63, 3.8) is 0 Å². The van der Waals surface area contributed by atoms with E-state index in [2.05, 4.69) is 39.9 Å². The van der Waals surface area contributed by atoms with Crippen LogP contribution < -0.4 is 9.47 Å². The molecule has 0 aliphatic carbocycles. The lowest BCUT2D eigenvalue weighted by Crippen LogP contribution is -2.51. The number of aliphatic hydroxyl groups is 2. The highest BCUT2D eigenvalue weighted by molar-refractivity contribution is 6.74. The number of benzene rings is 1. The summed E-state index contributed by atoms with van der Waals surface area (Å²) in [5.41, 5.74) is -0.761. The molecule has 1 unspecified atom stereocenters. The van der Waals surface area contributed by atoms with E-state index >= 15 is 0 Å². The minimum absolute atomic E-state index is 0.120. The highest BCUT2D eigenvalue weighted by atomic mass is 28.4. The summed E-state index contributed by atoms with van der Waals surface area (Å²) < 4.78 is 17.4. The van der Waals surface area contributed by atoms with Crippen LogP contribution in [0.1, 0.15) is 32.8 Å². The average Bonchev–Trinajstić information content (AvgIpc) is 3.04. The molecule has 1 aliphatic heterocycles. The fraction of sp³-hybridized carbons (Fsp3) is 0.632. The monoisotopic (exact) mass is 379 g/mol. The van der Waals surface area contributed by atoms with Gasteiger partial charge in [0.1, 0.15) is 6.07 Å². The molecule has 26 heavy (non-hydrogen) atoms. The van der Waals surface area contributed by atoms with Crippen LogP contribution in [0.4, 0.5) is 0 Å². The molecule has 2 rings (SSSR count). The molecule has 0 aromatic heterocycles. The number of aliphatic hydroxyl groups excluding tert-OH is 2. The second-order valence-electron chi connectivity index (χ2n) is 8.17. The van der Waals surface area contributed by atoms with E-state index in [1.807, 2.05) is 0 Å². The molecule has 1 aliphatic rings. The molecule has 0 radical (unpaired) electrons. The first-order chi connectivity index (χ1) is 12.1. The van der Waals surface area contributed by atoms with Crippen LogP contribution in [0.25, 0.3) is 0 Å². The first-order valence-corrected chi connectivity index (χ1v) is 11.8. The highest BCUT2D eigenvalue weighted by Gasteiger charge is 2.50. The van der Waals surface area contributed by atoms with Gasteiger partial charge in [-0.15, -0.1) is 0 Å². The fourth-order valence-electron chi connectivity index (χ4n) is 2.82. The van der Waals surface area contributed by atoms with Crippen molar-refractivity contribution in [2.24, 2.45) is 5.92 Å². The molecule has 0 spiro atoms. The quantitative estimate of drug-likeness (QED) is 0.707. The maximum atomic E-state index is 10.2. The number of nitriles is 1. The molecule has 1 aromatic carbocycles. The summed E-state index contributed by atoms with van der Waals surface area (Å²) in [7, 11) is -2.36. The van der Waals surface area contributed by atoms with Gasteiger partial charge in [0.15, 0.2) is 25.4 Å². The van der Waals surface area contributed by atoms with Gasteiger partial charge >= 0.3 is 0 Å². The van der Waals surface area contributed by atoms with Gasteiger partial charge in [-0.3, -0.25) is 0 Å². The smallest absolute Gasteiger partial charge is 0.231 e. The fourth-order valence-corrected chi connectivity index (χ4v) is 4.26. The number of ether oxygens (including phenoxy) is 2. The van der Waals surface area contributed by atoms with Crippen LogP contribution in [0.5, 0.6) is 11.5 Å². The molecule has 1 heterocycles. The minimum Gasteiger partial charge on any atom is -0.454 e. The molecular weight excluding hydrogens is 350 g/mol. The molecule has 0 amide bonds. The molecule has 2 atom stereocenters. The summed E-state index contributed by atoms with van der Waals surface area (Å²) in [6.07, 6.45) is 0.257. The van der Waals surface area contributed by atoms with Crippen molar-refractivity contribution in [3.05, 3.63) is 23.8 Å². The zero-order valence-electron chi connectivity index (χ0n) is 16.2. The van der Waals surface area contributed by atoms with Gasteiger partial charge < -0.3 is 24.1 Å². The normalized spacial score (nSPS) is 17.5. The third-order valence-corrected chi connectivity index (χ3v) is 9.91. The molecule has 0 saturated heterocycles. The molecule has 0 fully saturated rings. The number of hydrogen-bond donors (Lipinski definition) is 2. The van der Waals surface area contributed by atoms with Crippen LogP contribution in [0.3, 0.4) is 0 Å². The topological polar surface area (TPSA) is 91.9 Å². The van der Waals surface area contributed by atoms with Gasteiger partial charge in [0.25, 0.3) is 0 Å². The average molecular weight is 380 g/mol. The van der Waals surface area contributed by atoms with Gasteiger partial charge in [-0.05, 0) is 36.7 Å². The van der Waals surface area contributed by atoms with Crippen molar-refractivity contribution >= 4 is 8.32 Å². The lowest BCUT2D eigenvalue weighted by atomic mass is 9.81. The molecule has 6 nitrogen and oxygen atoms in total. The van der Waals surface area contributed by atoms with Gasteiger partial charge in [0, 0.05) is 18.1 Å². The molecular formula is C19H29NO5Si. The second-order valence-corrected chi connectivity index (χ2v) is 12.9. The molecule has 0 bridgehead atoms. The lowest BCUT2D eigenvalue weighted by molar-refractivity contribution is 0.00260. The van der Waals surface area contributed by atoms with E-state index in [0.29, 0.717) is 17.1 Å².